The van der Waals surface area contributed by atoms with E-state index in [9.17, 15) is 19.6 Å². The highest BCUT2D eigenvalue weighted by atomic mass is 16.6. The molecular weight excluding hydrogens is 500 g/mol. The SMILES string of the molecule is CC1[C@]2(CCC(C)(C)C)CC[C@@]3(C)[C@]4(C)CCC5[C@](C)(C=C(C#N)C(=O)[C@@]5(C)CN(C)C)C4=CC(=O)[C@]13OC2=O. The molecule has 0 aromatic heterocycles. The molecule has 40 heavy (non-hydrogen) atoms. The van der Waals surface area contributed by atoms with Crippen LogP contribution in [0.15, 0.2) is 23.3 Å². The van der Waals surface area contributed by atoms with Crippen molar-refractivity contribution in [1.29, 1.82) is 5.26 Å². The molecule has 1 heterocycles. The fraction of sp³-hybridized carbons (Fsp3) is 0.765. The Morgan fingerprint density at radius 2 is 1.73 bits per heavy atom. The second-order valence-electron chi connectivity index (χ2n) is 16.2. The van der Waals surface area contributed by atoms with E-state index in [1.54, 1.807) is 6.08 Å². The third-order valence-corrected chi connectivity index (χ3v) is 12.7. The van der Waals surface area contributed by atoms with Crippen LogP contribution in [-0.2, 0) is 19.1 Å². The topological polar surface area (TPSA) is 87.5 Å². The molecule has 0 aromatic rings. The van der Waals surface area contributed by atoms with E-state index >= 15 is 0 Å². The lowest BCUT2D eigenvalue weighted by Crippen LogP contribution is -2.70. The number of carbonyl (C=O) groups is 3. The van der Waals surface area contributed by atoms with Gasteiger partial charge in [-0.25, -0.2) is 0 Å². The second-order valence-corrected chi connectivity index (χ2v) is 16.2. The summed E-state index contributed by atoms with van der Waals surface area (Å²) in [6, 6.07) is 2.21. The minimum atomic E-state index is -1.19. The van der Waals surface area contributed by atoms with Gasteiger partial charge in [0.05, 0.1) is 11.0 Å². The Balaban J connectivity index is 1.69. The number of esters is 1. The van der Waals surface area contributed by atoms with E-state index in [0.717, 1.165) is 37.7 Å². The number of ketones is 2. The summed E-state index contributed by atoms with van der Waals surface area (Å²) in [6.45, 7) is 17.8. The third-order valence-electron chi connectivity index (χ3n) is 12.7. The predicted octanol–water partition coefficient (Wildman–Crippen LogP) is 6.06. The van der Waals surface area contributed by atoms with Crippen LogP contribution in [0.4, 0.5) is 0 Å². The number of Topliss-reactive ketones (excluding diaryl/α,β-unsaturated/α-hetero) is 1. The highest BCUT2D eigenvalue weighted by Gasteiger charge is 2.80. The Morgan fingerprint density at radius 1 is 1.07 bits per heavy atom. The van der Waals surface area contributed by atoms with Crippen molar-refractivity contribution in [3.8, 4) is 6.07 Å². The van der Waals surface area contributed by atoms with Gasteiger partial charge in [-0.1, -0.05) is 61.5 Å². The Kier molecular flexibility index (Phi) is 6.14. The molecule has 2 unspecified atom stereocenters. The first-order chi connectivity index (χ1) is 18.3. The van der Waals surface area contributed by atoms with Crippen molar-refractivity contribution < 1.29 is 19.1 Å². The van der Waals surface area contributed by atoms with Crippen LogP contribution < -0.4 is 0 Å². The van der Waals surface area contributed by atoms with Crippen molar-refractivity contribution >= 4 is 17.5 Å². The Hall–Kier alpha value is -2.26. The van der Waals surface area contributed by atoms with Crippen LogP contribution in [0.1, 0.15) is 93.9 Å². The van der Waals surface area contributed by atoms with Crippen LogP contribution >= 0.6 is 0 Å². The van der Waals surface area contributed by atoms with E-state index in [1.807, 2.05) is 32.0 Å². The summed E-state index contributed by atoms with van der Waals surface area (Å²) >= 11 is 0. The van der Waals surface area contributed by atoms with E-state index in [-0.39, 0.29) is 40.4 Å². The maximum Gasteiger partial charge on any atom is 0.313 e. The molecule has 2 bridgehead atoms. The van der Waals surface area contributed by atoms with Gasteiger partial charge in [0.1, 0.15) is 6.07 Å². The van der Waals surface area contributed by atoms with Crippen molar-refractivity contribution in [1.82, 2.24) is 4.90 Å². The summed E-state index contributed by atoms with van der Waals surface area (Å²) in [7, 11) is 3.93. The second kappa shape index (κ2) is 8.40. The standard InChI is InChI=1S/C34H48N2O4/c1-21-33(15-13-28(2,3)4)16-14-32(8)31(7)12-11-23-29(5,24(31)17-25(37)34(21,32)40-27(33)39)18-22(19-35)26(38)30(23,6)20-36(9)10/h17-18,21,23H,11-16,20H2,1-10H3/t21?,23?,29-,30-,31+,32-,33-,34+/m0/s1. The van der Waals surface area contributed by atoms with Crippen molar-refractivity contribution in [3.05, 3.63) is 23.3 Å². The van der Waals surface area contributed by atoms with Gasteiger partial charge in [-0.3, -0.25) is 14.4 Å². The molecule has 6 nitrogen and oxygen atoms in total. The first-order valence-electron chi connectivity index (χ1n) is 15.1. The van der Waals surface area contributed by atoms with Crippen LogP contribution in [-0.4, -0.2) is 48.7 Å². The number of fused-ring (bicyclic) bond motifs is 5. The molecule has 218 valence electrons. The van der Waals surface area contributed by atoms with Crippen LogP contribution in [0.25, 0.3) is 0 Å². The Bertz CT molecular complexity index is 1300. The summed E-state index contributed by atoms with van der Waals surface area (Å²) in [6.07, 6.45) is 8.34. The minimum Gasteiger partial charge on any atom is -0.449 e. The first-order valence-corrected chi connectivity index (χ1v) is 15.1. The van der Waals surface area contributed by atoms with Gasteiger partial charge in [0.2, 0.25) is 0 Å². The summed E-state index contributed by atoms with van der Waals surface area (Å²) < 4.78 is 6.45. The minimum absolute atomic E-state index is 0.0465. The molecule has 1 aliphatic heterocycles. The van der Waals surface area contributed by atoms with Gasteiger partial charge in [-0.15, -0.1) is 0 Å². The zero-order valence-corrected chi connectivity index (χ0v) is 26.3. The monoisotopic (exact) mass is 548 g/mol. The lowest BCUT2D eigenvalue weighted by molar-refractivity contribution is -0.199. The maximum atomic E-state index is 14.6. The summed E-state index contributed by atoms with van der Waals surface area (Å²) in [5, 5.41) is 10.1. The van der Waals surface area contributed by atoms with Gasteiger partial charge in [0.15, 0.2) is 17.2 Å². The van der Waals surface area contributed by atoms with Gasteiger partial charge in [0, 0.05) is 28.7 Å². The van der Waals surface area contributed by atoms with Crippen LogP contribution in [0.3, 0.4) is 0 Å². The van der Waals surface area contributed by atoms with Gasteiger partial charge in [-0.05, 0) is 81.0 Å². The largest absolute Gasteiger partial charge is 0.449 e. The number of hydrogen-bond acceptors (Lipinski definition) is 6. The molecule has 0 amide bonds. The van der Waals surface area contributed by atoms with Gasteiger partial charge in [-0.2, -0.15) is 5.26 Å². The molecule has 0 aromatic carbocycles. The molecular formula is C34H48N2O4. The van der Waals surface area contributed by atoms with Crippen LogP contribution in [0.5, 0.6) is 0 Å². The predicted molar refractivity (Wildman–Crippen MR) is 154 cm³/mol. The third kappa shape index (κ3) is 3.28. The van der Waals surface area contributed by atoms with Crippen molar-refractivity contribution in [2.75, 3.05) is 20.6 Å². The number of rotatable bonds is 4. The molecule has 8 atom stereocenters. The molecule has 4 aliphatic carbocycles. The molecule has 1 saturated heterocycles. The number of nitrogens with zero attached hydrogens (tertiary/aromatic N) is 2. The molecule has 0 N–H and O–H groups in total. The van der Waals surface area contributed by atoms with Crippen molar-refractivity contribution in [2.45, 2.75) is 99.5 Å². The van der Waals surface area contributed by atoms with Crippen molar-refractivity contribution in [3.63, 3.8) is 0 Å². The van der Waals surface area contributed by atoms with Crippen LogP contribution in [0, 0.1) is 55.7 Å². The number of allylic oxidation sites excluding steroid dienone is 3. The Labute approximate surface area is 240 Å². The van der Waals surface area contributed by atoms with Gasteiger partial charge >= 0.3 is 5.97 Å². The maximum absolute atomic E-state index is 14.6. The number of carbonyl (C=O) groups excluding carboxylic acids is 3. The van der Waals surface area contributed by atoms with Crippen molar-refractivity contribution in [2.24, 2.45) is 44.3 Å². The smallest absolute Gasteiger partial charge is 0.313 e. The molecule has 1 spiro atoms. The molecule has 0 radical (unpaired) electrons. The number of ether oxygens (including phenoxy) is 1. The number of nitriles is 1. The van der Waals surface area contributed by atoms with E-state index in [2.05, 4.69) is 54.5 Å². The average Bonchev–Trinajstić information content (AvgIpc) is 2.99. The molecule has 3 fully saturated rings. The quantitative estimate of drug-likeness (QED) is 0.397. The summed E-state index contributed by atoms with van der Waals surface area (Å²) in [4.78, 5) is 44.1. The fourth-order valence-electron chi connectivity index (χ4n) is 10.4. The lowest BCUT2D eigenvalue weighted by Gasteiger charge is -2.68. The normalized spacial score (nSPS) is 46.1. The Morgan fingerprint density at radius 3 is 2.30 bits per heavy atom. The highest BCUT2D eigenvalue weighted by molar-refractivity contribution is 6.06. The van der Waals surface area contributed by atoms with Gasteiger partial charge in [0.25, 0.3) is 0 Å². The van der Waals surface area contributed by atoms with E-state index in [1.165, 1.54) is 0 Å². The first kappa shape index (κ1) is 29.2. The highest BCUT2D eigenvalue weighted by Crippen LogP contribution is 2.76. The van der Waals surface area contributed by atoms with E-state index in [0.29, 0.717) is 13.0 Å². The molecule has 2 saturated carbocycles. The lowest BCUT2D eigenvalue weighted by atomic mass is 9.34. The molecule has 6 heteroatoms. The summed E-state index contributed by atoms with van der Waals surface area (Å²) in [5.41, 5.74) is -2.96. The molecule has 5 aliphatic rings. The van der Waals surface area contributed by atoms with E-state index < -0.39 is 32.7 Å². The fourth-order valence-corrected chi connectivity index (χ4v) is 10.4. The average molecular weight is 549 g/mol. The zero-order valence-electron chi connectivity index (χ0n) is 26.3. The number of hydrogen-bond donors (Lipinski definition) is 0. The summed E-state index contributed by atoms with van der Waals surface area (Å²) in [5.74, 6) is -0.677. The van der Waals surface area contributed by atoms with E-state index in [4.69, 9.17) is 4.74 Å². The van der Waals surface area contributed by atoms with Crippen LogP contribution in [0.2, 0.25) is 0 Å². The zero-order chi connectivity index (χ0) is 29.9. The van der Waals surface area contributed by atoms with Gasteiger partial charge < -0.3 is 9.64 Å². The molecule has 5 rings (SSSR count).